The molecule has 29 heavy (non-hydrogen) atoms. The maximum atomic E-state index is 12.5. The van der Waals surface area contributed by atoms with Crippen molar-refractivity contribution in [2.24, 2.45) is 7.05 Å². The van der Waals surface area contributed by atoms with Crippen molar-refractivity contribution in [2.75, 3.05) is 10.6 Å². The minimum atomic E-state index is -0.218. The van der Waals surface area contributed by atoms with Gasteiger partial charge in [-0.3, -0.25) is 9.78 Å². The third-order valence-corrected chi connectivity index (χ3v) is 4.85. The molecule has 0 saturated heterocycles. The highest BCUT2D eigenvalue weighted by atomic mass is 79.9. The molecule has 3 heterocycles. The van der Waals surface area contributed by atoms with E-state index in [0.717, 1.165) is 15.6 Å². The largest absolute Gasteiger partial charge is 0.362 e. The summed E-state index contributed by atoms with van der Waals surface area (Å²) < 4.78 is 2.44. The molecule has 0 unspecified atom stereocenters. The summed E-state index contributed by atoms with van der Waals surface area (Å²) in [7, 11) is 1.83. The van der Waals surface area contributed by atoms with E-state index in [2.05, 4.69) is 46.6 Å². The first-order valence-electron chi connectivity index (χ1n) is 8.93. The van der Waals surface area contributed by atoms with Crippen LogP contribution in [0.15, 0.2) is 59.6 Å². The van der Waals surface area contributed by atoms with Crippen LogP contribution in [0.4, 0.5) is 11.5 Å². The summed E-state index contributed by atoms with van der Waals surface area (Å²) in [5, 5.41) is 10.4. The van der Waals surface area contributed by atoms with Gasteiger partial charge in [-0.25, -0.2) is 14.6 Å². The van der Waals surface area contributed by atoms with Gasteiger partial charge in [-0.05, 0) is 46.6 Å². The van der Waals surface area contributed by atoms with Crippen LogP contribution in [0.2, 0.25) is 0 Å². The van der Waals surface area contributed by atoms with Gasteiger partial charge in [-0.2, -0.15) is 5.10 Å². The van der Waals surface area contributed by atoms with E-state index < -0.39 is 0 Å². The van der Waals surface area contributed by atoms with E-state index in [0.29, 0.717) is 22.7 Å². The van der Waals surface area contributed by atoms with Gasteiger partial charge >= 0.3 is 0 Å². The van der Waals surface area contributed by atoms with E-state index in [1.807, 2.05) is 38.2 Å². The Morgan fingerprint density at radius 2 is 2.03 bits per heavy atom. The zero-order valence-electron chi connectivity index (χ0n) is 15.8. The van der Waals surface area contributed by atoms with E-state index in [4.69, 9.17) is 0 Å². The summed E-state index contributed by atoms with van der Waals surface area (Å²) in [5.74, 6) is 0.437. The number of carbonyl (C=O) groups is 1. The Labute approximate surface area is 175 Å². The van der Waals surface area contributed by atoms with Crippen molar-refractivity contribution < 1.29 is 4.79 Å². The minimum Gasteiger partial charge on any atom is -0.362 e. The Morgan fingerprint density at radius 3 is 2.86 bits per heavy atom. The van der Waals surface area contributed by atoms with Crippen molar-refractivity contribution in [3.05, 3.63) is 70.7 Å². The number of halogens is 1. The monoisotopic (exact) mass is 451 g/mol. The summed E-state index contributed by atoms with van der Waals surface area (Å²) in [6.45, 7) is 2.02. The lowest BCUT2D eigenvalue weighted by molar-refractivity contribution is 0.102. The third-order valence-electron chi connectivity index (χ3n) is 4.42. The standard InChI is InChI=1S/C20H18BrN7O/c1-12(25-18-11-23-17-10-24-28(2)19(17)27-18)13-4-3-5-16(7-13)26-20(29)14-6-15(21)9-22-8-14/h3-12H,1-2H3,(H,25,27)(H,26,29)/t12-/m0/s1. The molecule has 1 amide bonds. The molecule has 0 fully saturated rings. The van der Waals surface area contributed by atoms with Crippen molar-refractivity contribution in [3.8, 4) is 0 Å². The van der Waals surface area contributed by atoms with Gasteiger partial charge in [0.2, 0.25) is 0 Å². The lowest BCUT2D eigenvalue weighted by Crippen LogP contribution is -2.13. The maximum Gasteiger partial charge on any atom is 0.257 e. The Hall–Kier alpha value is -3.33. The molecule has 0 aliphatic heterocycles. The summed E-state index contributed by atoms with van der Waals surface area (Å²) in [6, 6.07) is 9.35. The van der Waals surface area contributed by atoms with E-state index in [9.17, 15) is 4.79 Å². The number of hydrogen-bond acceptors (Lipinski definition) is 6. The molecule has 0 radical (unpaired) electrons. The number of hydrogen-bond donors (Lipinski definition) is 2. The first kappa shape index (κ1) is 19.0. The summed E-state index contributed by atoms with van der Waals surface area (Å²) in [4.78, 5) is 25.4. The summed E-state index contributed by atoms with van der Waals surface area (Å²) in [5.41, 5.74) is 3.65. The molecule has 146 valence electrons. The molecule has 1 aromatic carbocycles. The van der Waals surface area contributed by atoms with Gasteiger partial charge in [0, 0.05) is 29.6 Å². The van der Waals surface area contributed by atoms with Gasteiger partial charge in [0.15, 0.2) is 5.65 Å². The fourth-order valence-corrected chi connectivity index (χ4v) is 3.28. The first-order valence-corrected chi connectivity index (χ1v) is 9.72. The van der Waals surface area contributed by atoms with Crippen LogP contribution in [-0.4, -0.2) is 30.6 Å². The second-order valence-corrected chi connectivity index (χ2v) is 7.49. The maximum absolute atomic E-state index is 12.5. The second kappa shape index (κ2) is 7.96. The molecule has 0 aliphatic rings. The molecule has 0 aliphatic carbocycles. The van der Waals surface area contributed by atoms with Crippen LogP contribution in [0.3, 0.4) is 0 Å². The van der Waals surface area contributed by atoms with Crippen LogP contribution in [-0.2, 0) is 7.05 Å². The fraction of sp³-hybridized carbons (Fsp3) is 0.150. The molecule has 8 nitrogen and oxygen atoms in total. The topological polar surface area (TPSA) is 97.6 Å². The average Bonchev–Trinajstić information content (AvgIpc) is 3.08. The van der Waals surface area contributed by atoms with Gasteiger partial charge < -0.3 is 10.6 Å². The smallest absolute Gasteiger partial charge is 0.257 e. The zero-order valence-corrected chi connectivity index (χ0v) is 17.4. The Balaban J connectivity index is 1.49. The van der Waals surface area contributed by atoms with Crippen LogP contribution in [0.1, 0.15) is 28.9 Å². The quantitative estimate of drug-likeness (QED) is 0.476. The molecule has 1 atom stereocenters. The first-order chi connectivity index (χ1) is 14.0. The number of carbonyl (C=O) groups excluding carboxylic acids is 1. The Kier molecular flexibility index (Phi) is 5.22. The molecule has 0 bridgehead atoms. The Bertz CT molecular complexity index is 1190. The van der Waals surface area contributed by atoms with Crippen LogP contribution >= 0.6 is 15.9 Å². The normalized spacial score (nSPS) is 12.0. The van der Waals surface area contributed by atoms with Gasteiger partial charge in [-0.1, -0.05) is 12.1 Å². The number of anilines is 2. The Morgan fingerprint density at radius 1 is 1.17 bits per heavy atom. The molecule has 2 N–H and O–H groups in total. The van der Waals surface area contributed by atoms with E-state index in [1.165, 1.54) is 6.20 Å². The van der Waals surface area contributed by atoms with Crippen molar-refractivity contribution >= 4 is 44.5 Å². The molecule has 0 spiro atoms. The number of amides is 1. The van der Waals surface area contributed by atoms with E-state index in [-0.39, 0.29) is 11.9 Å². The number of benzene rings is 1. The van der Waals surface area contributed by atoms with Gasteiger partial charge in [0.05, 0.1) is 24.0 Å². The number of rotatable bonds is 5. The number of aryl methyl sites for hydroxylation is 1. The number of fused-ring (bicyclic) bond motifs is 1. The van der Waals surface area contributed by atoms with Gasteiger partial charge in [-0.15, -0.1) is 0 Å². The number of pyridine rings is 1. The highest BCUT2D eigenvalue weighted by Crippen LogP contribution is 2.22. The lowest BCUT2D eigenvalue weighted by Gasteiger charge is -2.16. The van der Waals surface area contributed by atoms with Crippen LogP contribution < -0.4 is 10.6 Å². The fourth-order valence-electron chi connectivity index (χ4n) is 2.91. The molecular formula is C20H18BrN7O. The summed E-state index contributed by atoms with van der Waals surface area (Å²) in [6.07, 6.45) is 6.53. The minimum absolute atomic E-state index is 0.0423. The van der Waals surface area contributed by atoms with Gasteiger partial charge in [0.1, 0.15) is 11.3 Å². The van der Waals surface area contributed by atoms with Crippen LogP contribution in [0.25, 0.3) is 11.2 Å². The van der Waals surface area contributed by atoms with Crippen molar-refractivity contribution in [3.63, 3.8) is 0 Å². The number of nitrogens with zero attached hydrogens (tertiary/aromatic N) is 5. The predicted octanol–water partition coefficient (Wildman–Crippen LogP) is 3.95. The SMILES string of the molecule is C[C@H](Nc1cnc2cnn(C)c2n1)c1cccc(NC(=O)c2cncc(Br)c2)c1. The lowest BCUT2D eigenvalue weighted by atomic mass is 10.1. The van der Waals surface area contributed by atoms with E-state index >= 15 is 0 Å². The second-order valence-electron chi connectivity index (χ2n) is 6.57. The zero-order chi connectivity index (χ0) is 20.4. The van der Waals surface area contributed by atoms with Crippen LogP contribution in [0.5, 0.6) is 0 Å². The molecule has 0 saturated carbocycles. The molecule has 4 rings (SSSR count). The molecule has 4 aromatic rings. The number of aromatic nitrogens is 5. The predicted molar refractivity (Wildman–Crippen MR) is 115 cm³/mol. The highest BCUT2D eigenvalue weighted by molar-refractivity contribution is 9.10. The van der Waals surface area contributed by atoms with Gasteiger partial charge in [0.25, 0.3) is 5.91 Å². The van der Waals surface area contributed by atoms with Crippen LogP contribution in [0, 0.1) is 0 Å². The average molecular weight is 452 g/mol. The van der Waals surface area contributed by atoms with E-state index in [1.54, 1.807) is 29.3 Å². The summed E-state index contributed by atoms with van der Waals surface area (Å²) >= 11 is 3.33. The molecular weight excluding hydrogens is 434 g/mol. The van der Waals surface area contributed by atoms with Crippen molar-refractivity contribution in [1.29, 1.82) is 0 Å². The third kappa shape index (κ3) is 4.24. The number of nitrogens with one attached hydrogen (secondary N) is 2. The van der Waals surface area contributed by atoms with Crippen molar-refractivity contribution in [2.45, 2.75) is 13.0 Å². The van der Waals surface area contributed by atoms with Crippen molar-refractivity contribution in [1.82, 2.24) is 24.7 Å². The highest BCUT2D eigenvalue weighted by Gasteiger charge is 2.11. The molecule has 9 heteroatoms. The molecule has 3 aromatic heterocycles.